The minimum absolute atomic E-state index is 0.227. The molecule has 3 aromatic heterocycles. The van der Waals surface area contributed by atoms with Crippen LogP contribution in [0, 0.1) is 0 Å². The summed E-state index contributed by atoms with van der Waals surface area (Å²) in [7, 11) is 3.07. The molecule has 10 nitrogen and oxygen atoms in total. The van der Waals surface area contributed by atoms with Crippen LogP contribution in [-0.4, -0.2) is 40.0 Å². The highest BCUT2D eigenvalue weighted by Crippen LogP contribution is 2.28. The number of aromatic nitrogens is 4. The molecule has 4 rings (SSSR count). The smallest absolute Gasteiger partial charge is 0.319 e. The molecule has 0 aliphatic heterocycles. The number of hydrogen-bond donors (Lipinski definition) is 3. The number of carbonyl (C=O) groups is 1. The van der Waals surface area contributed by atoms with Crippen molar-refractivity contribution >= 4 is 11.7 Å². The molecule has 33 heavy (non-hydrogen) atoms. The monoisotopic (exact) mass is 446 g/mol. The highest BCUT2D eigenvalue weighted by molar-refractivity contribution is 5.91. The molecule has 0 radical (unpaired) electrons. The number of nitrogens with zero attached hydrogens (tertiary/aromatic N) is 3. The van der Waals surface area contributed by atoms with Crippen molar-refractivity contribution in [3.63, 3.8) is 0 Å². The van der Waals surface area contributed by atoms with Crippen molar-refractivity contribution in [3.05, 3.63) is 83.2 Å². The second-order valence-corrected chi connectivity index (χ2v) is 6.97. The van der Waals surface area contributed by atoms with E-state index >= 15 is 0 Å². The van der Waals surface area contributed by atoms with Gasteiger partial charge in [0.2, 0.25) is 0 Å². The molecule has 3 N–H and O–H groups in total. The first-order valence-corrected chi connectivity index (χ1v) is 10.0. The summed E-state index contributed by atoms with van der Waals surface area (Å²) in [4.78, 5) is 33.5. The molecule has 0 spiro atoms. The van der Waals surface area contributed by atoms with Crippen molar-refractivity contribution in [2.24, 2.45) is 0 Å². The Bertz CT molecular complexity index is 1320. The van der Waals surface area contributed by atoms with E-state index in [1.165, 1.54) is 11.8 Å². The largest absolute Gasteiger partial charge is 0.497 e. The van der Waals surface area contributed by atoms with Gasteiger partial charge in [-0.3, -0.25) is 14.9 Å². The molecule has 0 bridgehead atoms. The molecule has 0 unspecified atom stereocenters. The van der Waals surface area contributed by atoms with Crippen LogP contribution in [0.3, 0.4) is 0 Å². The standard InChI is InChI=1S/C23H22N6O4/c1-32-17-5-6-19(20(11-17)33-2)28-23(31)26-12-15-7-9-25-21(10-15)29-22(30)18(14-27-29)16-4-3-8-24-13-16/h3-11,13-14,27H,12H2,1-2H3,(H2,26,28,31). The van der Waals surface area contributed by atoms with E-state index in [1.54, 1.807) is 68.3 Å². The van der Waals surface area contributed by atoms with Gasteiger partial charge in [0.05, 0.1) is 25.5 Å². The van der Waals surface area contributed by atoms with Gasteiger partial charge in [0.25, 0.3) is 5.56 Å². The third-order valence-electron chi connectivity index (χ3n) is 4.89. The number of H-pyrrole nitrogens is 1. The molecule has 168 valence electrons. The van der Waals surface area contributed by atoms with Crippen LogP contribution < -0.4 is 25.7 Å². The Morgan fingerprint density at radius 1 is 1.12 bits per heavy atom. The fourth-order valence-electron chi connectivity index (χ4n) is 3.21. The average Bonchev–Trinajstić information content (AvgIpc) is 3.25. The fraction of sp³-hybridized carbons (Fsp3) is 0.130. The lowest BCUT2D eigenvalue weighted by atomic mass is 10.2. The lowest BCUT2D eigenvalue weighted by molar-refractivity contribution is 0.251. The van der Waals surface area contributed by atoms with Gasteiger partial charge in [-0.25, -0.2) is 14.5 Å². The summed E-state index contributed by atoms with van der Waals surface area (Å²) in [6, 6.07) is 11.7. The molecule has 0 saturated heterocycles. The number of anilines is 1. The van der Waals surface area contributed by atoms with Crippen LogP contribution in [0.2, 0.25) is 0 Å². The van der Waals surface area contributed by atoms with Gasteiger partial charge in [-0.15, -0.1) is 0 Å². The molecular formula is C23H22N6O4. The number of nitrogens with one attached hydrogen (secondary N) is 3. The summed E-state index contributed by atoms with van der Waals surface area (Å²) in [6.07, 6.45) is 6.46. The molecule has 0 fully saturated rings. The molecule has 0 saturated carbocycles. The summed E-state index contributed by atoms with van der Waals surface area (Å²) in [5, 5.41) is 8.45. The van der Waals surface area contributed by atoms with Crippen LogP contribution in [-0.2, 0) is 6.54 Å². The van der Waals surface area contributed by atoms with E-state index in [2.05, 4.69) is 25.7 Å². The van der Waals surface area contributed by atoms with Gasteiger partial charge >= 0.3 is 6.03 Å². The number of benzene rings is 1. The SMILES string of the molecule is COc1ccc(NC(=O)NCc2ccnc(-n3[nH]cc(-c4cccnc4)c3=O)c2)c(OC)c1. The fourth-order valence-corrected chi connectivity index (χ4v) is 3.21. The number of hydrogen-bond acceptors (Lipinski definition) is 6. The third kappa shape index (κ3) is 4.85. The molecule has 3 heterocycles. The molecule has 1 aromatic carbocycles. The quantitative estimate of drug-likeness (QED) is 0.401. The highest BCUT2D eigenvalue weighted by Gasteiger charge is 2.12. The minimum Gasteiger partial charge on any atom is -0.497 e. The number of amides is 2. The van der Waals surface area contributed by atoms with Crippen molar-refractivity contribution in [1.29, 1.82) is 0 Å². The molecule has 0 atom stereocenters. The van der Waals surface area contributed by atoms with E-state index in [1.807, 2.05) is 6.07 Å². The van der Waals surface area contributed by atoms with Gasteiger partial charge in [-0.05, 0) is 35.9 Å². The number of carbonyl (C=O) groups excluding carboxylic acids is 1. The predicted octanol–water partition coefficient (Wildman–Crippen LogP) is 2.96. The van der Waals surface area contributed by atoms with Crippen LogP contribution >= 0.6 is 0 Å². The zero-order valence-corrected chi connectivity index (χ0v) is 18.0. The summed E-state index contributed by atoms with van der Waals surface area (Å²) in [6.45, 7) is 0.227. The third-order valence-corrected chi connectivity index (χ3v) is 4.89. The van der Waals surface area contributed by atoms with Gasteiger partial charge in [0.15, 0.2) is 5.82 Å². The zero-order chi connectivity index (χ0) is 23.2. The molecule has 4 aromatic rings. The second-order valence-electron chi connectivity index (χ2n) is 6.97. The van der Waals surface area contributed by atoms with Gasteiger partial charge in [0.1, 0.15) is 11.5 Å². The number of urea groups is 1. The Kier molecular flexibility index (Phi) is 6.35. The molecule has 10 heteroatoms. The van der Waals surface area contributed by atoms with Crippen LogP contribution in [0.4, 0.5) is 10.5 Å². The van der Waals surface area contributed by atoms with Crippen LogP contribution in [0.15, 0.2) is 72.0 Å². The van der Waals surface area contributed by atoms with Crippen molar-refractivity contribution in [1.82, 2.24) is 25.1 Å². The van der Waals surface area contributed by atoms with Crippen LogP contribution in [0.1, 0.15) is 5.56 Å². The van der Waals surface area contributed by atoms with Crippen molar-refractivity contribution in [3.8, 4) is 28.4 Å². The normalized spacial score (nSPS) is 10.5. The van der Waals surface area contributed by atoms with Crippen molar-refractivity contribution < 1.29 is 14.3 Å². The van der Waals surface area contributed by atoms with E-state index in [0.29, 0.717) is 34.1 Å². The topological polar surface area (TPSA) is 123 Å². The van der Waals surface area contributed by atoms with E-state index in [9.17, 15) is 9.59 Å². The molecule has 0 aliphatic carbocycles. The maximum Gasteiger partial charge on any atom is 0.319 e. The predicted molar refractivity (Wildman–Crippen MR) is 123 cm³/mol. The first-order valence-electron chi connectivity index (χ1n) is 10.0. The Balaban J connectivity index is 1.45. The average molecular weight is 446 g/mol. The number of methoxy groups -OCH3 is 2. The minimum atomic E-state index is -0.410. The second kappa shape index (κ2) is 9.69. The molecular weight excluding hydrogens is 424 g/mol. The number of aromatic amines is 1. The Morgan fingerprint density at radius 2 is 2.00 bits per heavy atom. The molecule has 2 amide bonds. The summed E-state index contributed by atoms with van der Waals surface area (Å²) in [5.74, 6) is 1.51. The number of ether oxygens (including phenoxy) is 2. The lowest BCUT2D eigenvalue weighted by Gasteiger charge is -2.12. The lowest BCUT2D eigenvalue weighted by Crippen LogP contribution is -2.28. The van der Waals surface area contributed by atoms with Crippen LogP contribution in [0.5, 0.6) is 11.5 Å². The first-order chi connectivity index (χ1) is 16.1. The first kappa shape index (κ1) is 21.6. The number of rotatable bonds is 7. The molecule has 0 aliphatic rings. The van der Waals surface area contributed by atoms with Crippen LogP contribution in [0.25, 0.3) is 16.9 Å². The van der Waals surface area contributed by atoms with E-state index in [-0.39, 0.29) is 12.1 Å². The summed E-state index contributed by atoms with van der Waals surface area (Å²) >= 11 is 0. The van der Waals surface area contributed by atoms with Crippen molar-refractivity contribution in [2.75, 3.05) is 19.5 Å². The summed E-state index contributed by atoms with van der Waals surface area (Å²) in [5.41, 5.74) is 2.22. The van der Waals surface area contributed by atoms with Gasteiger partial charge in [0, 0.05) is 43.0 Å². The number of pyridine rings is 2. The van der Waals surface area contributed by atoms with E-state index in [0.717, 1.165) is 5.56 Å². The Labute approximate surface area is 189 Å². The highest BCUT2D eigenvalue weighted by atomic mass is 16.5. The van der Waals surface area contributed by atoms with Gasteiger partial charge in [-0.1, -0.05) is 6.07 Å². The maximum atomic E-state index is 12.8. The van der Waals surface area contributed by atoms with Gasteiger partial charge < -0.3 is 20.1 Å². The zero-order valence-electron chi connectivity index (χ0n) is 18.0. The van der Waals surface area contributed by atoms with Gasteiger partial charge in [-0.2, -0.15) is 0 Å². The van der Waals surface area contributed by atoms with E-state index in [4.69, 9.17) is 9.47 Å². The van der Waals surface area contributed by atoms with Crippen molar-refractivity contribution in [2.45, 2.75) is 6.54 Å². The maximum absolute atomic E-state index is 12.8. The summed E-state index contributed by atoms with van der Waals surface area (Å²) < 4.78 is 11.8. The Morgan fingerprint density at radius 3 is 2.76 bits per heavy atom. The Hall–Kier alpha value is -4.60. The van der Waals surface area contributed by atoms with E-state index < -0.39 is 6.03 Å².